The van der Waals surface area contributed by atoms with Gasteiger partial charge in [0.15, 0.2) is 35.5 Å². The summed E-state index contributed by atoms with van der Waals surface area (Å²) in [6.45, 7) is 5.95. The summed E-state index contributed by atoms with van der Waals surface area (Å²) in [4.78, 5) is 147. The quantitative estimate of drug-likeness (QED) is 0.0211. The topological polar surface area (TPSA) is 332 Å². The molecule has 538 valence electrons. The van der Waals surface area contributed by atoms with E-state index in [0.717, 1.165) is 82.4 Å². The minimum atomic E-state index is -0.995. The van der Waals surface area contributed by atoms with Crippen molar-refractivity contribution >= 4 is 80.3 Å². The highest BCUT2D eigenvalue weighted by Gasteiger charge is 2.31. The first-order chi connectivity index (χ1) is 44.7. The fourth-order valence-corrected chi connectivity index (χ4v) is 12.1. The molecule has 0 saturated carbocycles. The summed E-state index contributed by atoms with van der Waals surface area (Å²) in [5.74, 6) is -3.47. The molecule has 0 bridgehead atoms. The summed E-state index contributed by atoms with van der Waals surface area (Å²) >= 11 is 0. The second-order valence-corrected chi connectivity index (χ2v) is 29.9. The van der Waals surface area contributed by atoms with Crippen molar-refractivity contribution in [1.29, 1.82) is 0 Å². The Morgan fingerprint density at radius 3 is 1.82 bits per heavy atom. The highest BCUT2D eigenvalue weighted by molar-refractivity contribution is 8.76. The molecule has 2 heterocycles. The maximum atomic E-state index is 14.1. The van der Waals surface area contributed by atoms with Crippen LogP contribution in [0.15, 0.2) is 37.0 Å². The van der Waals surface area contributed by atoms with E-state index in [9.17, 15) is 52.7 Å². The first-order valence-corrected chi connectivity index (χ1v) is 35.9. The molecule has 95 heavy (non-hydrogen) atoms. The highest BCUT2D eigenvalue weighted by Crippen LogP contribution is 2.30. The second kappa shape index (κ2) is 46.2. The number of ether oxygens (including phenoxy) is 3. The van der Waals surface area contributed by atoms with Gasteiger partial charge in [0, 0.05) is 89.2 Å². The molecule has 6 N–H and O–H groups in total. The minimum absolute atomic E-state index is 0.00422. The number of pyridine rings is 1. The Morgan fingerprint density at radius 2 is 1.23 bits per heavy atom. The summed E-state index contributed by atoms with van der Waals surface area (Å²) in [7, 11) is 23.4. The maximum absolute atomic E-state index is 14.1. The highest BCUT2D eigenvalue weighted by atomic mass is 33.1. The molecule has 2 rings (SSSR count). The number of amides is 6. The molecule has 6 amide bonds. The lowest BCUT2D eigenvalue weighted by atomic mass is 9.90. The van der Waals surface area contributed by atoms with Crippen LogP contribution in [0.4, 0.5) is 4.79 Å². The number of hydrogen-bond acceptors (Lipinski definition) is 19. The zero-order chi connectivity index (χ0) is 71.0. The zero-order valence-electron chi connectivity index (χ0n) is 59.0. The molecule has 0 unspecified atom stereocenters. The molecule has 0 aromatic carbocycles. The van der Waals surface area contributed by atoms with Gasteiger partial charge < -0.3 is 68.4 Å². The van der Waals surface area contributed by atoms with Gasteiger partial charge in [-0.2, -0.15) is 0 Å². The van der Waals surface area contributed by atoms with Crippen molar-refractivity contribution < 1.29 is 84.4 Å². The van der Waals surface area contributed by atoms with Crippen molar-refractivity contribution in [2.75, 3.05) is 135 Å². The van der Waals surface area contributed by atoms with Gasteiger partial charge in [-0.1, -0.05) is 23.6 Å². The lowest BCUT2D eigenvalue weighted by molar-refractivity contribution is -0.870. The average Bonchev–Trinajstić information content (AvgIpc) is 1.97. The normalized spacial score (nSPS) is 13.1. The number of nitrogens with two attached hydrogens (primary N) is 1. The molecule has 0 aliphatic rings. The van der Waals surface area contributed by atoms with Crippen molar-refractivity contribution in [2.24, 2.45) is 11.7 Å². The Balaban J connectivity index is 1.76. The molecule has 0 saturated heterocycles. The Morgan fingerprint density at radius 1 is 0.621 bits per heavy atom. The smallest absolute Gasteiger partial charge is 0.441 e. The molecule has 2 aromatic rings. The maximum Gasteiger partial charge on any atom is 0.519 e. The summed E-state index contributed by atoms with van der Waals surface area (Å²) in [6.07, 6.45) is 11.6. The summed E-state index contributed by atoms with van der Waals surface area (Å²) < 4.78 is 28.8. The number of carbonyl (C=O) groups is 10. The van der Waals surface area contributed by atoms with Gasteiger partial charge in [-0.05, 0) is 120 Å². The number of aryl methyl sites for hydroxylation is 1. The summed E-state index contributed by atoms with van der Waals surface area (Å²) in [6, 6.07) is 0.861. The van der Waals surface area contributed by atoms with Crippen LogP contribution in [0.3, 0.4) is 0 Å². The Kier molecular flexibility index (Phi) is 41.4. The van der Waals surface area contributed by atoms with E-state index < -0.39 is 59.6 Å². The monoisotopic (exact) mass is 1380 g/mol. The van der Waals surface area contributed by atoms with Gasteiger partial charge in [0.1, 0.15) is 23.5 Å². The molecule has 0 aliphatic heterocycles. The van der Waals surface area contributed by atoms with Gasteiger partial charge in [-0.3, -0.25) is 43.2 Å². The Bertz CT molecular complexity index is 2740. The third-order valence-corrected chi connectivity index (χ3v) is 17.9. The number of rotatable bonds is 55. The Hall–Kier alpha value is -6.04. The number of hydrogen-bond donors (Lipinski definition) is 5. The van der Waals surface area contributed by atoms with E-state index in [4.69, 9.17) is 28.8 Å². The predicted octanol–water partition coefficient (Wildman–Crippen LogP) is 6.26. The fraction of sp³-hybridized carbons (Fsp3) is 0.731. The SMILES string of the molecule is CNC(=O)C[C@H](NC(C)=O)C(=O)CCCN(CCCCCCSSc1ccc(C(=O)CCCC(=O)CCCOCCOCC(=O)N[C@@H](CCCC[N+](C)(C)C)C(=O)C[C@@H](CCCC[N+](C)(C)C)C(=O)N[C@@H](CCCC[N+](C)(C)C)C(N)=O)cn1)C(=O)OCc1oc(=O)oc1C. The van der Waals surface area contributed by atoms with Crippen LogP contribution in [0.25, 0.3) is 0 Å². The van der Waals surface area contributed by atoms with Crippen LogP contribution in [-0.2, 0) is 59.2 Å². The van der Waals surface area contributed by atoms with E-state index in [2.05, 4.69) is 89.7 Å². The van der Waals surface area contributed by atoms with Gasteiger partial charge >= 0.3 is 11.9 Å². The second-order valence-electron chi connectivity index (χ2n) is 27.4. The number of aromatic nitrogens is 1. The fourth-order valence-electron chi connectivity index (χ4n) is 10.1. The molecule has 0 radical (unpaired) electrons. The predicted molar refractivity (Wildman–Crippen MR) is 366 cm³/mol. The van der Waals surface area contributed by atoms with Crippen LogP contribution in [0.1, 0.15) is 170 Å². The molecule has 0 spiro atoms. The van der Waals surface area contributed by atoms with E-state index in [1.807, 2.05) is 0 Å². The van der Waals surface area contributed by atoms with E-state index in [-0.39, 0.29) is 112 Å². The molecular weight excluding hydrogens is 1260 g/mol. The van der Waals surface area contributed by atoms with Crippen molar-refractivity contribution in [1.82, 2.24) is 31.2 Å². The number of unbranched alkanes of at least 4 members (excludes halogenated alkanes) is 6. The summed E-state index contributed by atoms with van der Waals surface area (Å²) in [5.41, 5.74) is 6.24. The number of nitrogens with zero attached hydrogens (tertiary/aromatic N) is 5. The number of Topliss-reactive ketones (excluding diaryl/α,β-unsaturated/α-hetero) is 4. The van der Waals surface area contributed by atoms with Gasteiger partial charge in [-0.25, -0.2) is 14.6 Å². The van der Waals surface area contributed by atoms with E-state index in [0.29, 0.717) is 82.9 Å². The van der Waals surface area contributed by atoms with E-state index >= 15 is 0 Å². The van der Waals surface area contributed by atoms with E-state index in [1.54, 1.807) is 29.1 Å². The third kappa shape index (κ3) is 41.6. The lowest BCUT2D eigenvalue weighted by Gasteiger charge is -2.26. The van der Waals surface area contributed by atoms with Crippen molar-refractivity contribution in [3.8, 4) is 0 Å². The Labute approximate surface area is 571 Å². The third-order valence-electron chi connectivity index (χ3n) is 15.5. The van der Waals surface area contributed by atoms with Crippen LogP contribution in [0.5, 0.6) is 0 Å². The first-order valence-electron chi connectivity index (χ1n) is 33.6. The van der Waals surface area contributed by atoms with Crippen molar-refractivity contribution in [3.63, 3.8) is 0 Å². The summed E-state index contributed by atoms with van der Waals surface area (Å²) in [5, 5.41) is 11.5. The molecule has 28 heteroatoms. The molecular formula is C67H115N10O16S2+3. The number of primary amides is 1. The largest absolute Gasteiger partial charge is 0.519 e. The lowest BCUT2D eigenvalue weighted by Crippen LogP contribution is -2.48. The van der Waals surface area contributed by atoms with Gasteiger partial charge in [0.05, 0.1) is 115 Å². The molecule has 2 aromatic heterocycles. The zero-order valence-corrected chi connectivity index (χ0v) is 60.7. The molecule has 0 fully saturated rings. The van der Waals surface area contributed by atoms with Crippen LogP contribution in [0.2, 0.25) is 0 Å². The molecule has 4 atom stereocenters. The van der Waals surface area contributed by atoms with Gasteiger partial charge in [0.2, 0.25) is 29.5 Å². The number of ketones is 4. The molecule has 26 nitrogen and oxygen atoms in total. The average molecular weight is 1380 g/mol. The van der Waals surface area contributed by atoms with Crippen LogP contribution < -0.4 is 32.8 Å². The van der Waals surface area contributed by atoms with Crippen molar-refractivity contribution in [3.05, 3.63) is 46.0 Å². The van der Waals surface area contributed by atoms with Gasteiger partial charge in [-0.15, -0.1) is 0 Å². The first kappa shape index (κ1) is 85.0. The standard InChI is InChI=1S/C67H112N10O16S2/c1-49-60(93-67(88)92-49)47-91-66(87)74(36-24-32-58(81)56(71-50(2)78)45-61(83)69-3)35-18-13-14-22-43-94-95-63-34-33-52(46-70-63)57(80)31-23-27-53(79)28-25-40-89-41-42-90-48-62(84)72-54(29-16-20-38-76(7,8)9)59(82)44-51(26-15-19-37-75(4,5)6)65(86)73-55(64(68)85)30-17-21-39-77(10,11)12/h33-34,46,51,54-56H,13-32,35-45,47-48H2,1-12H3,(H3-3,68,69,71,72,73,78,83,84,85,86)/p+3/t51-,54+,55+,56+/m1/s1. The minimum Gasteiger partial charge on any atom is -0.441 e. The van der Waals surface area contributed by atoms with Crippen molar-refractivity contribution in [2.45, 2.75) is 185 Å². The van der Waals surface area contributed by atoms with Gasteiger partial charge in [0.25, 0.3) is 0 Å². The number of carbonyl (C=O) groups excluding carboxylic acids is 10. The molecule has 0 aliphatic carbocycles. The van der Waals surface area contributed by atoms with Crippen LogP contribution in [-0.4, -0.2) is 236 Å². The van der Waals surface area contributed by atoms with E-state index in [1.165, 1.54) is 36.6 Å². The number of quaternary nitrogens is 3. The van der Waals surface area contributed by atoms with Crippen LogP contribution >= 0.6 is 21.6 Å². The van der Waals surface area contributed by atoms with Crippen LogP contribution in [0, 0.1) is 12.8 Å². The number of nitrogens with one attached hydrogen (secondary N) is 4.